The van der Waals surface area contributed by atoms with E-state index in [0.29, 0.717) is 17.4 Å². The van der Waals surface area contributed by atoms with Crippen LogP contribution in [0.15, 0.2) is 24.4 Å². The van der Waals surface area contributed by atoms with Gasteiger partial charge >= 0.3 is 0 Å². The standard InChI is InChI=1S/C13H14ClNO/c1-8(2)5-13(16)11-7-15-12-6-9(14)3-4-10(11)12/h3-4,6-8,15H,5H2,1-2H3. The fourth-order valence-corrected chi connectivity index (χ4v) is 1.98. The molecule has 16 heavy (non-hydrogen) atoms. The molecule has 0 aliphatic rings. The highest BCUT2D eigenvalue weighted by molar-refractivity contribution is 6.31. The number of Topliss-reactive ketones (excluding diaryl/α,β-unsaturated/α-hetero) is 1. The zero-order valence-corrected chi connectivity index (χ0v) is 10.1. The fourth-order valence-electron chi connectivity index (χ4n) is 1.81. The Morgan fingerprint density at radius 1 is 1.44 bits per heavy atom. The number of carbonyl (C=O) groups excluding carboxylic acids is 1. The second-order valence-electron chi connectivity index (χ2n) is 4.41. The summed E-state index contributed by atoms with van der Waals surface area (Å²) in [6.45, 7) is 4.09. The van der Waals surface area contributed by atoms with Crippen LogP contribution in [0.4, 0.5) is 0 Å². The molecule has 1 heterocycles. The summed E-state index contributed by atoms with van der Waals surface area (Å²) < 4.78 is 0. The molecule has 1 N–H and O–H groups in total. The molecule has 0 aliphatic heterocycles. The van der Waals surface area contributed by atoms with Gasteiger partial charge in [0, 0.05) is 34.1 Å². The molecule has 1 aromatic heterocycles. The van der Waals surface area contributed by atoms with Crippen molar-refractivity contribution in [1.82, 2.24) is 4.98 Å². The molecule has 3 heteroatoms. The van der Waals surface area contributed by atoms with E-state index in [1.165, 1.54) is 0 Å². The Balaban J connectivity index is 2.42. The normalized spacial score (nSPS) is 11.2. The number of benzene rings is 1. The molecule has 0 atom stereocenters. The van der Waals surface area contributed by atoms with E-state index in [1.54, 1.807) is 6.20 Å². The van der Waals surface area contributed by atoms with Crippen molar-refractivity contribution in [2.75, 3.05) is 0 Å². The van der Waals surface area contributed by atoms with Gasteiger partial charge in [0.25, 0.3) is 0 Å². The first kappa shape index (κ1) is 11.2. The molecule has 0 saturated carbocycles. The van der Waals surface area contributed by atoms with Crippen molar-refractivity contribution >= 4 is 28.3 Å². The lowest BCUT2D eigenvalue weighted by Gasteiger charge is -2.02. The second kappa shape index (κ2) is 4.30. The molecule has 0 bridgehead atoms. The monoisotopic (exact) mass is 235 g/mol. The van der Waals surface area contributed by atoms with Crippen LogP contribution in [0.2, 0.25) is 5.02 Å². The molecule has 0 unspecified atom stereocenters. The first-order valence-electron chi connectivity index (χ1n) is 5.37. The third-order valence-electron chi connectivity index (χ3n) is 2.54. The average Bonchev–Trinajstić information content (AvgIpc) is 2.59. The van der Waals surface area contributed by atoms with Crippen LogP contribution in [-0.2, 0) is 0 Å². The van der Waals surface area contributed by atoms with Crippen molar-refractivity contribution in [2.45, 2.75) is 20.3 Å². The summed E-state index contributed by atoms with van der Waals surface area (Å²) in [6, 6.07) is 5.54. The number of carbonyl (C=O) groups is 1. The Labute approximate surface area is 99.6 Å². The lowest BCUT2D eigenvalue weighted by Crippen LogP contribution is -2.02. The van der Waals surface area contributed by atoms with Gasteiger partial charge in [-0.1, -0.05) is 31.5 Å². The Morgan fingerprint density at radius 3 is 2.88 bits per heavy atom. The number of ketones is 1. The van der Waals surface area contributed by atoms with Gasteiger partial charge in [-0.3, -0.25) is 4.79 Å². The number of H-pyrrole nitrogens is 1. The molecule has 84 valence electrons. The summed E-state index contributed by atoms with van der Waals surface area (Å²) >= 11 is 5.89. The maximum atomic E-state index is 12.0. The van der Waals surface area contributed by atoms with Gasteiger partial charge in [-0.05, 0) is 18.1 Å². The van der Waals surface area contributed by atoms with Crippen molar-refractivity contribution in [3.63, 3.8) is 0 Å². The summed E-state index contributed by atoms with van der Waals surface area (Å²) in [5.41, 5.74) is 1.68. The smallest absolute Gasteiger partial charge is 0.165 e. The molecular weight excluding hydrogens is 222 g/mol. The predicted molar refractivity (Wildman–Crippen MR) is 67.1 cm³/mol. The van der Waals surface area contributed by atoms with Crippen LogP contribution in [0, 0.1) is 5.92 Å². The van der Waals surface area contributed by atoms with Crippen molar-refractivity contribution < 1.29 is 4.79 Å². The van der Waals surface area contributed by atoms with E-state index in [4.69, 9.17) is 11.6 Å². The third kappa shape index (κ3) is 2.12. The van der Waals surface area contributed by atoms with Crippen molar-refractivity contribution in [3.05, 3.63) is 35.0 Å². The molecule has 2 aromatic rings. The lowest BCUT2D eigenvalue weighted by atomic mass is 10.0. The van der Waals surface area contributed by atoms with E-state index < -0.39 is 0 Å². The molecule has 0 fully saturated rings. The van der Waals surface area contributed by atoms with Gasteiger partial charge in [-0.15, -0.1) is 0 Å². The molecule has 0 spiro atoms. The third-order valence-corrected chi connectivity index (χ3v) is 2.77. The van der Waals surface area contributed by atoms with Crippen molar-refractivity contribution in [3.8, 4) is 0 Å². The number of aromatic amines is 1. The quantitative estimate of drug-likeness (QED) is 0.800. The number of nitrogens with one attached hydrogen (secondary N) is 1. The fraction of sp³-hybridized carbons (Fsp3) is 0.308. The minimum atomic E-state index is 0.184. The molecular formula is C13H14ClNO. The van der Waals surface area contributed by atoms with Crippen LogP contribution in [0.5, 0.6) is 0 Å². The molecule has 0 aliphatic carbocycles. The van der Waals surface area contributed by atoms with E-state index in [-0.39, 0.29) is 5.78 Å². The average molecular weight is 236 g/mol. The predicted octanol–water partition coefficient (Wildman–Crippen LogP) is 4.05. The molecule has 0 amide bonds. The van der Waals surface area contributed by atoms with Crippen LogP contribution >= 0.6 is 11.6 Å². The zero-order valence-electron chi connectivity index (χ0n) is 9.38. The topological polar surface area (TPSA) is 32.9 Å². The van der Waals surface area contributed by atoms with Crippen molar-refractivity contribution in [2.24, 2.45) is 5.92 Å². The van der Waals surface area contributed by atoms with Gasteiger partial charge in [0.2, 0.25) is 0 Å². The summed E-state index contributed by atoms with van der Waals surface area (Å²) in [4.78, 5) is 15.0. The van der Waals surface area contributed by atoms with Crippen LogP contribution in [0.1, 0.15) is 30.6 Å². The number of rotatable bonds is 3. The molecule has 1 aromatic carbocycles. The number of halogens is 1. The van der Waals surface area contributed by atoms with Gasteiger partial charge < -0.3 is 4.98 Å². The number of hydrogen-bond acceptors (Lipinski definition) is 1. The number of hydrogen-bond donors (Lipinski definition) is 1. The highest BCUT2D eigenvalue weighted by Gasteiger charge is 2.13. The van der Waals surface area contributed by atoms with Gasteiger partial charge in [-0.2, -0.15) is 0 Å². The highest BCUT2D eigenvalue weighted by Crippen LogP contribution is 2.23. The summed E-state index contributed by atoms with van der Waals surface area (Å²) in [6.07, 6.45) is 2.35. The van der Waals surface area contributed by atoms with E-state index in [1.807, 2.05) is 32.0 Å². The van der Waals surface area contributed by atoms with Gasteiger partial charge in [0.15, 0.2) is 5.78 Å². The van der Waals surface area contributed by atoms with Crippen LogP contribution < -0.4 is 0 Å². The van der Waals surface area contributed by atoms with E-state index in [2.05, 4.69) is 4.98 Å². The van der Waals surface area contributed by atoms with E-state index in [9.17, 15) is 4.79 Å². The van der Waals surface area contributed by atoms with Crippen LogP contribution in [-0.4, -0.2) is 10.8 Å². The van der Waals surface area contributed by atoms with Crippen LogP contribution in [0.25, 0.3) is 10.9 Å². The summed E-state index contributed by atoms with van der Waals surface area (Å²) in [7, 11) is 0. The largest absolute Gasteiger partial charge is 0.360 e. The number of aromatic nitrogens is 1. The Hall–Kier alpha value is -1.28. The van der Waals surface area contributed by atoms with E-state index >= 15 is 0 Å². The van der Waals surface area contributed by atoms with Crippen molar-refractivity contribution in [1.29, 1.82) is 0 Å². The molecule has 2 rings (SSSR count). The Bertz CT molecular complexity index is 528. The minimum absolute atomic E-state index is 0.184. The zero-order chi connectivity index (χ0) is 11.7. The molecule has 0 saturated heterocycles. The lowest BCUT2D eigenvalue weighted by molar-refractivity contribution is 0.0969. The first-order valence-corrected chi connectivity index (χ1v) is 5.75. The summed E-state index contributed by atoms with van der Waals surface area (Å²) in [5, 5.41) is 1.63. The SMILES string of the molecule is CC(C)CC(=O)c1c[nH]c2cc(Cl)ccc12. The summed E-state index contributed by atoms with van der Waals surface area (Å²) in [5.74, 6) is 0.563. The highest BCUT2D eigenvalue weighted by atomic mass is 35.5. The Kier molecular flexibility index (Phi) is 3.01. The molecule has 2 nitrogen and oxygen atoms in total. The van der Waals surface area contributed by atoms with Gasteiger partial charge in [0.1, 0.15) is 0 Å². The first-order chi connectivity index (χ1) is 7.58. The minimum Gasteiger partial charge on any atom is -0.360 e. The maximum absolute atomic E-state index is 12.0. The second-order valence-corrected chi connectivity index (χ2v) is 4.85. The Morgan fingerprint density at radius 2 is 2.19 bits per heavy atom. The van der Waals surface area contributed by atoms with Gasteiger partial charge in [0.05, 0.1) is 0 Å². The van der Waals surface area contributed by atoms with Crippen LogP contribution in [0.3, 0.4) is 0 Å². The number of fused-ring (bicyclic) bond motifs is 1. The maximum Gasteiger partial charge on any atom is 0.165 e. The van der Waals surface area contributed by atoms with Gasteiger partial charge in [-0.25, -0.2) is 0 Å². The molecule has 0 radical (unpaired) electrons. The van der Waals surface area contributed by atoms with E-state index in [0.717, 1.165) is 16.5 Å².